The van der Waals surface area contributed by atoms with Crippen LogP contribution in [0.1, 0.15) is 0 Å². The molecule has 0 aliphatic heterocycles. The van der Waals surface area contributed by atoms with E-state index in [1.54, 1.807) is 0 Å². The SMILES string of the molecule is c1cc(-c2cnc3c4ccccc4c4ccccc4c3n2)cc(-c2cccc3c(-c4cccc(-n5c6ccccc6c6ccccc65)c4)cccc23)c1. The molecule has 3 nitrogen and oxygen atoms in total. The van der Waals surface area contributed by atoms with E-state index in [-0.39, 0.29) is 0 Å². The predicted octanol–water partition coefficient (Wildman–Crippen LogP) is 13.2. The van der Waals surface area contributed by atoms with Gasteiger partial charge in [0.25, 0.3) is 0 Å². The maximum Gasteiger partial charge on any atom is 0.0979 e. The molecule has 0 saturated carbocycles. The Labute approximate surface area is 306 Å². The van der Waals surface area contributed by atoms with Crippen LogP contribution in [-0.4, -0.2) is 14.5 Å². The summed E-state index contributed by atoms with van der Waals surface area (Å²) < 4.78 is 2.39. The molecular weight excluding hydrogens is 643 g/mol. The molecule has 0 atom stereocenters. The Morgan fingerprint density at radius 3 is 1.45 bits per heavy atom. The molecule has 0 bridgehead atoms. The summed E-state index contributed by atoms with van der Waals surface area (Å²) in [7, 11) is 0. The van der Waals surface area contributed by atoms with E-state index in [9.17, 15) is 0 Å². The van der Waals surface area contributed by atoms with Gasteiger partial charge in [0.1, 0.15) is 0 Å². The van der Waals surface area contributed by atoms with Crippen LogP contribution in [0, 0.1) is 0 Å². The normalized spacial score (nSPS) is 11.8. The van der Waals surface area contributed by atoms with Gasteiger partial charge in [-0.1, -0.05) is 152 Å². The summed E-state index contributed by atoms with van der Waals surface area (Å²) >= 11 is 0. The molecule has 0 fully saturated rings. The van der Waals surface area contributed by atoms with Crippen molar-refractivity contribution < 1.29 is 0 Å². The summed E-state index contributed by atoms with van der Waals surface area (Å²) in [6, 6.07) is 65.4. The Hall–Kier alpha value is -7.10. The molecule has 0 aliphatic rings. The van der Waals surface area contributed by atoms with E-state index in [0.29, 0.717) is 0 Å². The second-order valence-electron chi connectivity index (χ2n) is 13.8. The third kappa shape index (κ3) is 4.61. The van der Waals surface area contributed by atoms with E-state index in [1.165, 1.54) is 60.0 Å². The average Bonchev–Trinajstić information content (AvgIpc) is 3.58. The highest BCUT2D eigenvalue weighted by Crippen LogP contribution is 2.39. The highest BCUT2D eigenvalue weighted by Gasteiger charge is 2.15. The van der Waals surface area contributed by atoms with Crippen molar-refractivity contribution in [3.05, 3.63) is 188 Å². The molecule has 2 heterocycles. The van der Waals surface area contributed by atoms with Gasteiger partial charge in [0.15, 0.2) is 0 Å². The lowest BCUT2D eigenvalue weighted by molar-refractivity contribution is 1.18. The van der Waals surface area contributed by atoms with Crippen molar-refractivity contribution in [1.29, 1.82) is 0 Å². The van der Waals surface area contributed by atoms with E-state index in [1.807, 2.05) is 6.20 Å². The fourth-order valence-corrected chi connectivity index (χ4v) is 8.43. The molecule has 0 N–H and O–H groups in total. The van der Waals surface area contributed by atoms with Crippen molar-refractivity contribution in [2.75, 3.05) is 0 Å². The van der Waals surface area contributed by atoms with Gasteiger partial charge in [0.05, 0.1) is 34.0 Å². The first-order valence-electron chi connectivity index (χ1n) is 18.1. The van der Waals surface area contributed by atoms with Crippen molar-refractivity contribution in [2.24, 2.45) is 0 Å². The number of nitrogens with zero attached hydrogens (tertiary/aromatic N) is 3. The van der Waals surface area contributed by atoms with Crippen LogP contribution < -0.4 is 0 Å². The van der Waals surface area contributed by atoms with Crippen molar-refractivity contribution in [3.63, 3.8) is 0 Å². The quantitative estimate of drug-likeness (QED) is 0.174. The maximum atomic E-state index is 5.28. The molecule has 0 unspecified atom stereocenters. The van der Waals surface area contributed by atoms with Crippen LogP contribution in [0.15, 0.2) is 188 Å². The molecule has 9 aromatic carbocycles. The van der Waals surface area contributed by atoms with E-state index in [2.05, 4.69) is 187 Å². The van der Waals surface area contributed by atoms with Crippen LogP contribution in [-0.2, 0) is 0 Å². The van der Waals surface area contributed by atoms with E-state index >= 15 is 0 Å². The Morgan fingerprint density at radius 2 is 0.811 bits per heavy atom. The Morgan fingerprint density at radius 1 is 0.340 bits per heavy atom. The minimum Gasteiger partial charge on any atom is -0.309 e. The summed E-state index contributed by atoms with van der Waals surface area (Å²) in [5, 5.41) is 9.61. The summed E-state index contributed by atoms with van der Waals surface area (Å²) in [5.41, 5.74) is 12.1. The van der Waals surface area contributed by atoms with Crippen molar-refractivity contribution in [1.82, 2.24) is 14.5 Å². The highest BCUT2D eigenvalue weighted by atomic mass is 15.0. The number of rotatable bonds is 4. The monoisotopic (exact) mass is 673 g/mol. The standard InChI is InChI=1S/C50H31N3/c1-3-21-44-40(17-1)41-18-2-4-22-45(41)50-49(44)51-31-46(52-50)34-15-9-13-32(29-34)36-23-11-26-39-37(24-12-25-38(36)39)33-14-10-16-35(30-33)53-47-27-7-5-19-42(47)43-20-6-8-28-48(43)53/h1-31H. The van der Waals surface area contributed by atoms with Crippen LogP contribution in [0.2, 0.25) is 0 Å². The fourth-order valence-electron chi connectivity index (χ4n) is 8.43. The van der Waals surface area contributed by atoms with Gasteiger partial charge >= 0.3 is 0 Å². The molecule has 0 amide bonds. The lowest BCUT2D eigenvalue weighted by atomic mass is 9.92. The second kappa shape index (κ2) is 11.7. The molecule has 11 aromatic rings. The molecule has 0 aliphatic carbocycles. The zero-order chi connectivity index (χ0) is 34.9. The molecule has 0 spiro atoms. The molecular formula is C50H31N3. The lowest BCUT2D eigenvalue weighted by Crippen LogP contribution is -1.94. The van der Waals surface area contributed by atoms with Crippen LogP contribution in [0.25, 0.3) is 104 Å². The van der Waals surface area contributed by atoms with Crippen molar-refractivity contribution >= 4 is 65.2 Å². The number of fused-ring (bicyclic) bond motifs is 10. The van der Waals surface area contributed by atoms with Crippen LogP contribution >= 0.6 is 0 Å². The van der Waals surface area contributed by atoms with Gasteiger partial charge in [-0.3, -0.25) is 4.98 Å². The first-order valence-corrected chi connectivity index (χ1v) is 18.1. The van der Waals surface area contributed by atoms with E-state index < -0.39 is 0 Å². The number of para-hydroxylation sites is 2. The minimum atomic E-state index is 0.864. The molecule has 0 radical (unpaired) electrons. The van der Waals surface area contributed by atoms with Crippen molar-refractivity contribution in [2.45, 2.75) is 0 Å². The van der Waals surface area contributed by atoms with E-state index in [4.69, 9.17) is 9.97 Å². The van der Waals surface area contributed by atoms with Gasteiger partial charge in [-0.2, -0.15) is 0 Å². The molecule has 11 rings (SSSR count). The Bertz CT molecular complexity index is 3150. The van der Waals surface area contributed by atoms with Gasteiger partial charge in [0, 0.05) is 32.8 Å². The molecule has 2 aromatic heterocycles. The third-order valence-corrected chi connectivity index (χ3v) is 10.8. The zero-order valence-electron chi connectivity index (χ0n) is 28.7. The summed E-state index contributed by atoms with van der Waals surface area (Å²) in [6.45, 7) is 0. The molecule has 246 valence electrons. The van der Waals surface area contributed by atoms with Crippen molar-refractivity contribution in [3.8, 4) is 39.2 Å². The number of benzene rings is 9. The smallest absolute Gasteiger partial charge is 0.0979 e. The summed E-state index contributed by atoms with van der Waals surface area (Å²) in [6.07, 6.45) is 1.92. The van der Waals surface area contributed by atoms with Gasteiger partial charge in [-0.15, -0.1) is 0 Å². The number of hydrogen-bond acceptors (Lipinski definition) is 2. The lowest BCUT2D eigenvalue weighted by Gasteiger charge is -2.14. The summed E-state index contributed by atoms with van der Waals surface area (Å²) in [4.78, 5) is 10.3. The number of hydrogen-bond donors (Lipinski definition) is 0. The highest BCUT2D eigenvalue weighted by molar-refractivity contribution is 6.23. The van der Waals surface area contributed by atoms with Crippen LogP contribution in [0.4, 0.5) is 0 Å². The molecule has 0 saturated heterocycles. The zero-order valence-corrected chi connectivity index (χ0v) is 28.7. The summed E-state index contributed by atoms with van der Waals surface area (Å²) in [5.74, 6) is 0. The second-order valence-corrected chi connectivity index (χ2v) is 13.8. The largest absolute Gasteiger partial charge is 0.309 e. The molecule has 53 heavy (non-hydrogen) atoms. The van der Waals surface area contributed by atoms with Crippen LogP contribution in [0.5, 0.6) is 0 Å². The van der Waals surface area contributed by atoms with Crippen LogP contribution in [0.3, 0.4) is 0 Å². The fraction of sp³-hybridized carbons (Fsp3) is 0. The van der Waals surface area contributed by atoms with Gasteiger partial charge in [0.2, 0.25) is 0 Å². The maximum absolute atomic E-state index is 5.28. The van der Waals surface area contributed by atoms with Gasteiger partial charge < -0.3 is 4.57 Å². The van der Waals surface area contributed by atoms with Gasteiger partial charge in [-0.25, -0.2) is 4.98 Å². The average molecular weight is 674 g/mol. The Balaban J connectivity index is 1.03. The first kappa shape index (κ1) is 29.6. The first-order chi connectivity index (χ1) is 26.3. The number of aromatic nitrogens is 3. The third-order valence-electron chi connectivity index (χ3n) is 10.8. The minimum absolute atomic E-state index is 0.864. The Kier molecular flexibility index (Phi) is 6.55. The topological polar surface area (TPSA) is 30.7 Å². The molecule has 3 heteroatoms. The predicted molar refractivity (Wildman–Crippen MR) is 223 cm³/mol. The van der Waals surface area contributed by atoms with Gasteiger partial charge in [-0.05, 0) is 74.1 Å². The van der Waals surface area contributed by atoms with E-state index in [0.717, 1.165) is 44.3 Å².